The lowest BCUT2D eigenvalue weighted by Gasteiger charge is -2.18. The normalized spacial score (nSPS) is 16.0. The third-order valence-corrected chi connectivity index (χ3v) is 9.80. The number of benzene rings is 3. The van der Waals surface area contributed by atoms with Crippen molar-refractivity contribution in [3.8, 4) is 5.75 Å². The Balaban J connectivity index is 0.000000240. The molecule has 0 unspecified atom stereocenters. The summed E-state index contributed by atoms with van der Waals surface area (Å²) in [5, 5.41) is 11.2. The Hall–Kier alpha value is -3.09. The van der Waals surface area contributed by atoms with Crippen molar-refractivity contribution in [2.24, 2.45) is 0 Å². The van der Waals surface area contributed by atoms with Crippen LogP contribution in [0.2, 0.25) is 0 Å². The molecule has 1 aliphatic heterocycles. The molecule has 2 N–H and O–H groups in total. The zero-order chi connectivity index (χ0) is 28.9. The second kappa shape index (κ2) is 13.0. The van der Waals surface area contributed by atoms with E-state index in [-0.39, 0.29) is 5.75 Å². The fourth-order valence-corrected chi connectivity index (χ4v) is 6.86. The van der Waals surface area contributed by atoms with Gasteiger partial charge in [-0.2, -0.15) is 0 Å². The van der Waals surface area contributed by atoms with Crippen LogP contribution in [-0.4, -0.2) is 48.8 Å². The van der Waals surface area contributed by atoms with E-state index in [2.05, 4.69) is 63.0 Å². The molecule has 0 amide bonds. The maximum Gasteiger partial charge on any atom is 0.178 e. The summed E-state index contributed by atoms with van der Waals surface area (Å²) in [7, 11) is -1.05. The lowest BCUT2D eigenvalue weighted by atomic mass is 9.94. The van der Waals surface area contributed by atoms with E-state index in [0.717, 1.165) is 28.6 Å². The van der Waals surface area contributed by atoms with E-state index in [0.29, 0.717) is 34.9 Å². The number of aryl methyl sites for hydroxylation is 1. The third-order valence-electron chi connectivity index (χ3n) is 8.06. The fourth-order valence-electron chi connectivity index (χ4n) is 5.55. The molecule has 0 radical (unpaired) electrons. The van der Waals surface area contributed by atoms with Gasteiger partial charge in [0, 0.05) is 23.1 Å². The molecule has 0 saturated carbocycles. The largest absolute Gasteiger partial charge is 0.507 e. The Kier molecular flexibility index (Phi) is 9.75. The number of rotatable bonds is 8. The van der Waals surface area contributed by atoms with Crippen LogP contribution in [0.4, 0.5) is 0 Å². The summed E-state index contributed by atoms with van der Waals surface area (Å²) < 4.78 is 25.1. The minimum Gasteiger partial charge on any atom is -0.507 e. The van der Waals surface area contributed by atoms with Crippen molar-refractivity contribution in [2.45, 2.75) is 76.2 Å². The molecule has 1 fully saturated rings. The van der Waals surface area contributed by atoms with Crippen molar-refractivity contribution in [1.82, 2.24) is 9.88 Å². The van der Waals surface area contributed by atoms with E-state index >= 15 is 0 Å². The first-order valence-corrected chi connectivity index (χ1v) is 16.1. The minimum atomic E-state index is -3.25. The topological polar surface area (TPSA) is 73.4 Å². The zero-order valence-corrected chi connectivity index (χ0v) is 25.3. The van der Waals surface area contributed by atoms with Gasteiger partial charge in [-0.1, -0.05) is 70.2 Å². The molecule has 40 heavy (non-hydrogen) atoms. The molecular formula is C34H44N2O3S. The number of hydrogen-bond acceptors (Lipinski definition) is 4. The van der Waals surface area contributed by atoms with Gasteiger partial charge in [-0.25, -0.2) is 8.42 Å². The molecule has 5 rings (SSSR count). The van der Waals surface area contributed by atoms with Crippen LogP contribution in [-0.2, 0) is 22.7 Å². The van der Waals surface area contributed by atoms with Crippen LogP contribution in [0.1, 0.15) is 74.6 Å². The van der Waals surface area contributed by atoms with Crippen LogP contribution in [0.5, 0.6) is 5.75 Å². The Bertz CT molecular complexity index is 1480. The number of phenols is 1. The molecule has 6 heteroatoms. The van der Waals surface area contributed by atoms with Crippen LogP contribution in [0.15, 0.2) is 77.8 Å². The lowest BCUT2D eigenvalue weighted by Crippen LogP contribution is -2.26. The standard InChI is InChI=1S/C22H26N2O2S.C12H18O/c1-24-12-5-6-19(24)15-18-16-23-22-10-9-17(14-21(18)22)11-13-27(25,26)20-7-3-2-4-8-20;1-8(2)10-6-5-7-11(9(3)4)12(10)13/h2-4,7-10,14,16,19,23H,5-6,11-13,15H2,1H3;5-9,13H,1-4H3/t19-;/m1./s1. The summed E-state index contributed by atoms with van der Waals surface area (Å²) in [5.74, 6) is 1.39. The van der Waals surface area contributed by atoms with Gasteiger partial charge in [-0.05, 0) is 97.6 Å². The molecule has 0 spiro atoms. The van der Waals surface area contributed by atoms with Crippen molar-refractivity contribution in [3.63, 3.8) is 0 Å². The number of likely N-dealkylation sites (N-methyl/N-ethyl adjacent to an activating group) is 1. The number of fused-ring (bicyclic) bond motifs is 1. The highest BCUT2D eigenvalue weighted by Crippen LogP contribution is 2.33. The van der Waals surface area contributed by atoms with Gasteiger partial charge in [0.1, 0.15) is 5.75 Å². The molecule has 5 nitrogen and oxygen atoms in total. The highest BCUT2D eigenvalue weighted by atomic mass is 32.2. The molecule has 1 saturated heterocycles. The second-order valence-corrected chi connectivity index (χ2v) is 13.8. The van der Waals surface area contributed by atoms with E-state index in [1.54, 1.807) is 24.3 Å². The highest BCUT2D eigenvalue weighted by Gasteiger charge is 2.22. The maximum absolute atomic E-state index is 12.5. The molecule has 0 aliphatic carbocycles. The predicted molar refractivity (Wildman–Crippen MR) is 166 cm³/mol. The Labute approximate surface area is 240 Å². The van der Waals surface area contributed by atoms with Crippen molar-refractivity contribution < 1.29 is 13.5 Å². The van der Waals surface area contributed by atoms with Gasteiger partial charge in [-0.15, -0.1) is 0 Å². The summed E-state index contributed by atoms with van der Waals surface area (Å²) in [6.45, 7) is 9.56. The Morgan fingerprint density at radius 2 is 1.62 bits per heavy atom. The third kappa shape index (κ3) is 7.15. The van der Waals surface area contributed by atoms with E-state index in [4.69, 9.17) is 0 Å². The number of aromatic hydroxyl groups is 1. The number of hydrogen-bond donors (Lipinski definition) is 2. The first kappa shape index (κ1) is 29.9. The zero-order valence-electron chi connectivity index (χ0n) is 24.5. The van der Waals surface area contributed by atoms with E-state index in [1.807, 2.05) is 30.3 Å². The number of para-hydroxylation sites is 1. The maximum atomic E-state index is 12.5. The van der Waals surface area contributed by atoms with Crippen molar-refractivity contribution in [3.05, 3.63) is 95.2 Å². The lowest BCUT2D eigenvalue weighted by molar-refractivity contribution is 0.310. The van der Waals surface area contributed by atoms with Gasteiger partial charge < -0.3 is 15.0 Å². The highest BCUT2D eigenvalue weighted by molar-refractivity contribution is 7.91. The van der Waals surface area contributed by atoms with Gasteiger partial charge in [-0.3, -0.25) is 0 Å². The predicted octanol–water partition coefficient (Wildman–Crippen LogP) is 7.46. The van der Waals surface area contributed by atoms with Crippen LogP contribution < -0.4 is 0 Å². The summed E-state index contributed by atoms with van der Waals surface area (Å²) in [6, 6.07) is 21.6. The quantitative estimate of drug-likeness (QED) is 0.235. The molecule has 1 aromatic heterocycles. The molecule has 1 atom stereocenters. The second-order valence-electron chi connectivity index (χ2n) is 11.7. The molecule has 3 aromatic carbocycles. The SMILES string of the molecule is CC(C)c1cccc(C(C)C)c1O.CN1CCC[C@@H]1Cc1c[nH]c2ccc(CCS(=O)(=O)c3ccccc3)cc12. The monoisotopic (exact) mass is 560 g/mol. The average molecular weight is 561 g/mol. The van der Waals surface area contributed by atoms with Crippen LogP contribution >= 0.6 is 0 Å². The van der Waals surface area contributed by atoms with Crippen molar-refractivity contribution >= 4 is 20.7 Å². The summed E-state index contributed by atoms with van der Waals surface area (Å²) >= 11 is 0. The molecular weight excluding hydrogens is 516 g/mol. The van der Waals surface area contributed by atoms with Crippen LogP contribution in [0.25, 0.3) is 10.9 Å². The summed E-state index contributed by atoms with van der Waals surface area (Å²) in [5.41, 5.74) is 5.62. The van der Waals surface area contributed by atoms with Gasteiger partial charge in [0.2, 0.25) is 0 Å². The number of H-pyrrole nitrogens is 1. The number of aromatic amines is 1. The van der Waals surface area contributed by atoms with Crippen LogP contribution in [0.3, 0.4) is 0 Å². The number of nitrogens with one attached hydrogen (secondary N) is 1. The van der Waals surface area contributed by atoms with E-state index in [1.165, 1.54) is 30.3 Å². The number of likely N-dealkylation sites (tertiary alicyclic amines) is 1. The van der Waals surface area contributed by atoms with E-state index in [9.17, 15) is 13.5 Å². The molecule has 1 aliphatic rings. The summed E-state index contributed by atoms with van der Waals surface area (Å²) in [4.78, 5) is 6.21. The van der Waals surface area contributed by atoms with Gasteiger partial charge in [0.05, 0.1) is 10.6 Å². The molecule has 2 heterocycles. The van der Waals surface area contributed by atoms with Crippen molar-refractivity contribution in [2.75, 3.05) is 19.3 Å². The number of aromatic nitrogens is 1. The Morgan fingerprint density at radius 1 is 0.950 bits per heavy atom. The first-order valence-electron chi connectivity index (χ1n) is 14.5. The van der Waals surface area contributed by atoms with E-state index < -0.39 is 9.84 Å². The van der Waals surface area contributed by atoms with Crippen LogP contribution in [0, 0.1) is 0 Å². The average Bonchev–Trinajstić information content (AvgIpc) is 3.53. The Morgan fingerprint density at radius 3 is 2.23 bits per heavy atom. The smallest absolute Gasteiger partial charge is 0.178 e. The minimum absolute atomic E-state index is 0.133. The summed E-state index contributed by atoms with van der Waals surface area (Å²) in [6.07, 6.45) is 6.20. The van der Waals surface area contributed by atoms with Gasteiger partial charge in [0.15, 0.2) is 9.84 Å². The number of nitrogens with zero attached hydrogens (tertiary/aromatic N) is 1. The first-order chi connectivity index (χ1) is 19.1. The molecule has 0 bridgehead atoms. The molecule has 214 valence electrons. The number of phenolic OH excluding ortho intramolecular Hbond substituents is 1. The number of sulfone groups is 1. The molecule has 4 aromatic rings. The fraction of sp³-hybridized carbons (Fsp3) is 0.412. The van der Waals surface area contributed by atoms with Gasteiger partial charge in [0.25, 0.3) is 0 Å². The van der Waals surface area contributed by atoms with Gasteiger partial charge >= 0.3 is 0 Å². The van der Waals surface area contributed by atoms with Crippen molar-refractivity contribution in [1.29, 1.82) is 0 Å².